The summed E-state index contributed by atoms with van der Waals surface area (Å²) in [6.07, 6.45) is 4.82. The van der Waals surface area contributed by atoms with Crippen molar-refractivity contribution in [3.8, 4) is 11.5 Å². The van der Waals surface area contributed by atoms with E-state index in [1.165, 1.54) is 0 Å². The summed E-state index contributed by atoms with van der Waals surface area (Å²) in [6, 6.07) is 9.75. The zero-order valence-electron chi connectivity index (χ0n) is 15.6. The summed E-state index contributed by atoms with van der Waals surface area (Å²) < 4.78 is 16.2. The van der Waals surface area contributed by atoms with Gasteiger partial charge in [-0.25, -0.2) is 0 Å². The van der Waals surface area contributed by atoms with Gasteiger partial charge in [0, 0.05) is 18.6 Å². The van der Waals surface area contributed by atoms with Crippen molar-refractivity contribution < 1.29 is 23.8 Å². The van der Waals surface area contributed by atoms with Gasteiger partial charge in [0.1, 0.15) is 11.4 Å². The first-order valence-electron chi connectivity index (χ1n) is 9.78. The van der Waals surface area contributed by atoms with Crippen LogP contribution in [-0.4, -0.2) is 41.3 Å². The molecule has 1 aromatic heterocycles. The van der Waals surface area contributed by atoms with E-state index in [2.05, 4.69) is 10.2 Å². The average Bonchev–Trinajstić information content (AvgIpc) is 3.41. The quantitative estimate of drug-likeness (QED) is 0.822. The molecule has 2 saturated heterocycles. The Morgan fingerprint density at radius 3 is 2.71 bits per heavy atom. The lowest BCUT2D eigenvalue weighted by molar-refractivity contribution is -0.126. The van der Waals surface area contributed by atoms with E-state index in [0.717, 1.165) is 29.9 Å². The van der Waals surface area contributed by atoms with Crippen LogP contribution in [0.5, 0.6) is 11.5 Å². The van der Waals surface area contributed by atoms with Crippen molar-refractivity contribution in [3.05, 3.63) is 47.9 Å². The fourth-order valence-corrected chi connectivity index (χ4v) is 4.79. The lowest BCUT2D eigenvalue weighted by atomic mass is 9.84. The van der Waals surface area contributed by atoms with Crippen LogP contribution < -0.4 is 14.8 Å². The molecule has 2 unspecified atom stereocenters. The van der Waals surface area contributed by atoms with Crippen LogP contribution in [0.2, 0.25) is 0 Å². The molecule has 3 aliphatic rings. The minimum atomic E-state index is -0.922. The Balaban J connectivity index is 1.18. The number of ether oxygens (including phenoxy) is 2. The molecule has 2 atom stereocenters. The molecule has 28 heavy (non-hydrogen) atoms. The van der Waals surface area contributed by atoms with E-state index in [4.69, 9.17) is 13.9 Å². The first-order chi connectivity index (χ1) is 13.6. The maximum absolute atomic E-state index is 12.5. The number of carbonyl (C=O) groups is 1. The average molecular weight is 384 g/mol. The van der Waals surface area contributed by atoms with Crippen LogP contribution in [0, 0.1) is 0 Å². The van der Waals surface area contributed by atoms with Crippen LogP contribution in [0.4, 0.5) is 0 Å². The van der Waals surface area contributed by atoms with Crippen LogP contribution in [0.25, 0.3) is 0 Å². The zero-order valence-corrected chi connectivity index (χ0v) is 15.6. The number of hydrogen-bond acceptors (Lipinski definition) is 6. The van der Waals surface area contributed by atoms with Crippen molar-refractivity contribution in [3.63, 3.8) is 0 Å². The molecule has 0 saturated carbocycles. The van der Waals surface area contributed by atoms with Gasteiger partial charge in [-0.15, -0.1) is 0 Å². The second-order valence-corrected chi connectivity index (χ2v) is 7.94. The number of furan rings is 1. The molecule has 5 rings (SSSR count). The SMILES string of the molecule is O=C(CN1C2CCC1CC(O)(c1ccco1)C2)NCc1ccc2c(c1)OCO2. The fourth-order valence-electron chi connectivity index (χ4n) is 4.79. The smallest absolute Gasteiger partial charge is 0.234 e. The molecule has 2 N–H and O–H groups in total. The summed E-state index contributed by atoms with van der Waals surface area (Å²) in [5.74, 6) is 2.09. The molecule has 3 aliphatic heterocycles. The first kappa shape index (κ1) is 17.6. The fraction of sp³-hybridized carbons (Fsp3) is 0.476. The Morgan fingerprint density at radius 2 is 1.96 bits per heavy atom. The third-order valence-electron chi connectivity index (χ3n) is 6.15. The van der Waals surface area contributed by atoms with Crippen molar-refractivity contribution in [2.75, 3.05) is 13.3 Å². The van der Waals surface area contributed by atoms with Gasteiger partial charge in [0.05, 0.1) is 12.8 Å². The first-order valence-corrected chi connectivity index (χ1v) is 9.78. The number of aliphatic hydroxyl groups is 1. The molecular formula is C21H24N2O5. The van der Waals surface area contributed by atoms with Crippen LogP contribution in [0.3, 0.4) is 0 Å². The Labute approximate surface area is 163 Å². The maximum Gasteiger partial charge on any atom is 0.234 e. The van der Waals surface area contributed by atoms with Crippen molar-refractivity contribution in [1.29, 1.82) is 0 Å². The molecule has 2 aromatic rings. The molecular weight excluding hydrogens is 360 g/mol. The van der Waals surface area contributed by atoms with Gasteiger partial charge in [-0.1, -0.05) is 6.07 Å². The van der Waals surface area contributed by atoms with E-state index >= 15 is 0 Å². The highest BCUT2D eigenvalue weighted by Crippen LogP contribution is 2.45. The standard InChI is InChI=1S/C21H24N2O5/c24-20(22-11-14-3-6-17-18(8-14)28-13-27-17)12-23-15-4-5-16(23)10-21(25,9-15)19-2-1-7-26-19/h1-3,6-8,15-16,25H,4-5,9-13H2,(H,22,24). The highest BCUT2D eigenvalue weighted by molar-refractivity contribution is 5.78. The topological polar surface area (TPSA) is 84.2 Å². The van der Waals surface area contributed by atoms with Crippen LogP contribution >= 0.6 is 0 Å². The van der Waals surface area contributed by atoms with E-state index in [1.54, 1.807) is 6.26 Å². The molecule has 7 heteroatoms. The normalized spacial score (nSPS) is 28.5. The van der Waals surface area contributed by atoms with Gasteiger partial charge >= 0.3 is 0 Å². The highest BCUT2D eigenvalue weighted by atomic mass is 16.7. The summed E-state index contributed by atoms with van der Waals surface area (Å²) in [4.78, 5) is 14.8. The molecule has 7 nitrogen and oxygen atoms in total. The molecule has 1 aromatic carbocycles. The van der Waals surface area contributed by atoms with Gasteiger partial charge < -0.3 is 24.3 Å². The number of amides is 1. The number of carbonyl (C=O) groups excluding carboxylic acids is 1. The number of hydrogen-bond donors (Lipinski definition) is 2. The van der Waals surface area contributed by atoms with E-state index in [1.807, 2.05) is 30.3 Å². The monoisotopic (exact) mass is 384 g/mol. The lowest BCUT2D eigenvalue weighted by Gasteiger charge is -2.42. The van der Waals surface area contributed by atoms with Crippen LogP contribution in [-0.2, 0) is 16.9 Å². The molecule has 1 amide bonds. The second kappa shape index (κ2) is 6.83. The Kier molecular flexibility index (Phi) is 4.29. The largest absolute Gasteiger partial charge is 0.466 e. The van der Waals surface area contributed by atoms with Crippen molar-refractivity contribution >= 4 is 5.91 Å². The molecule has 0 aliphatic carbocycles. The third kappa shape index (κ3) is 3.14. The summed E-state index contributed by atoms with van der Waals surface area (Å²) in [5.41, 5.74) is 0.0563. The van der Waals surface area contributed by atoms with Gasteiger partial charge in [-0.3, -0.25) is 9.69 Å². The summed E-state index contributed by atoms with van der Waals surface area (Å²) in [5, 5.41) is 14.0. The second-order valence-electron chi connectivity index (χ2n) is 7.94. The van der Waals surface area contributed by atoms with Crippen LogP contribution in [0.15, 0.2) is 41.0 Å². The molecule has 148 valence electrons. The van der Waals surface area contributed by atoms with Gasteiger partial charge in [0.25, 0.3) is 0 Å². The Morgan fingerprint density at radius 1 is 1.18 bits per heavy atom. The molecule has 2 bridgehead atoms. The summed E-state index contributed by atoms with van der Waals surface area (Å²) >= 11 is 0. The van der Waals surface area contributed by atoms with Crippen molar-refractivity contribution in [2.45, 2.75) is 49.9 Å². The minimum absolute atomic E-state index is 0.00185. The van der Waals surface area contributed by atoms with Gasteiger partial charge in [0.15, 0.2) is 11.5 Å². The van der Waals surface area contributed by atoms with E-state index in [-0.39, 0.29) is 24.8 Å². The predicted octanol–water partition coefficient (Wildman–Crippen LogP) is 2.14. The summed E-state index contributed by atoms with van der Waals surface area (Å²) in [6.45, 7) is 1.05. The van der Waals surface area contributed by atoms with E-state index < -0.39 is 5.60 Å². The Hall–Kier alpha value is -2.51. The number of rotatable bonds is 5. The molecule has 2 fully saturated rings. The van der Waals surface area contributed by atoms with Crippen molar-refractivity contribution in [2.24, 2.45) is 0 Å². The third-order valence-corrected chi connectivity index (χ3v) is 6.15. The highest BCUT2D eigenvalue weighted by Gasteiger charge is 2.49. The minimum Gasteiger partial charge on any atom is -0.466 e. The van der Waals surface area contributed by atoms with Gasteiger partial charge in [0.2, 0.25) is 12.7 Å². The van der Waals surface area contributed by atoms with Crippen molar-refractivity contribution in [1.82, 2.24) is 10.2 Å². The number of fused-ring (bicyclic) bond motifs is 3. The van der Waals surface area contributed by atoms with Gasteiger partial charge in [-0.05, 0) is 55.5 Å². The zero-order chi connectivity index (χ0) is 19.1. The van der Waals surface area contributed by atoms with E-state index in [0.29, 0.717) is 31.7 Å². The number of nitrogens with zero attached hydrogens (tertiary/aromatic N) is 1. The summed E-state index contributed by atoms with van der Waals surface area (Å²) in [7, 11) is 0. The van der Waals surface area contributed by atoms with E-state index in [9.17, 15) is 9.90 Å². The lowest BCUT2D eigenvalue weighted by Crippen LogP contribution is -2.52. The molecule has 0 radical (unpaired) electrons. The van der Waals surface area contributed by atoms with Crippen LogP contribution in [0.1, 0.15) is 37.0 Å². The Bertz CT molecular complexity index is 852. The van der Waals surface area contributed by atoms with Gasteiger partial charge in [-0.2, -0.15) is 0 Å². The maximum atomic E-state index is 12.5. The molecule has 0 spiro atoms. The number of piperidine rings is 1. The number of benzene rings is 1. The number of nitrogens with one attached hydrogen (secondary N) is 1. The predicted molar refractivity (Wildman–Crippen MR) is 99.8 cm³/mol. The molecule has 4 heterocycles.